The summed E-state index contributed by atoms with van der Waals surface area (Å²) in [6.45, 7) is 1.43. The Kier molecular flexibility index (Phi) is 5.25. The fourth-order valence-corrected chi connectivity index (χ4v) is 3.44. The van der Waals surface area contributed by atoms with E-state index in [1.54, 1.807) is 30.3 Å². The molecule has 142 valence electrons. The first-order chi connectivity index (χ1) is 13.7. The predicted octanol–water partition coefficient (Wildman–Crippen LogP) is 3.70. The van der Waals surface area contributed by atoms with Crippen LogP contribution in [-0.2, 0) is 6.54 Å². The lowest BCUT2D eigenvalue weighted by molar-refractivity contribution is 0.0949. The summed E-state index contributed by atoms with van der Waals surface area (Å²) in [5, 5.41) is 7.54. The number of carbonyl (C=O) groups excluding carboxylic acids is 2. The summed E-state index contributed by atoms with van der Waals surface area (Å²) in [6.07, 6.45) is 0. The van der Waals surface area contributed by atoms with Crippen molar-refractivity contribution in [1.29, 1.82) is 0 Å². The molecule has 7 heteroatoms. The van der Waals surface area contributed by atoms with Gasteiger partial charge in [-0.2, -0.15) is 0 Å². The van der Waals surface area contributed by atoms with Crippen LogP contribution >= 0.6 is 11.3 Å². The van der Waals surface area contributed by atoms with E-state index in [-0.39, 0.29) is 11.8 Å². The maximum atomic E-state index is 12.5. The quantitative estimate of drug-likeness (QED) is 0.692. The first-order valence-corrected chi connectivity index (χ1v) is 9.69. The zero-order chi connectivity index (χ0) is 19.3. The monoisotopic (exact) mass is 394 g/mol. The molecule has 3 aromatic rings. The van der Waals surface area contributed by atoms with Gasteiger partial charge >= 0.3 is 0 Å². The van der Waals surface area contributed by atoms with E-state index >= 15 is 0 Å². The Bertz CT molecular complexity index is 1000. The number of nitrogens with one attached hydrogen (secondary N) is 2. The minimum Gasteiger partial charge on any atom is -0.486 e. The van der Waals surface area contributed by atoms with Gasteiger partial charge in [0.1, 0.15) is 13.2 Å². The summed E-state index contributed by atoms with van der Waals surface area (Å²) in [4.78, 5) is 25.3. The molecule has 2 N–H and O–H groups in total. The molecular formula is C21H18N2O4S. The van der Waals surface area contributed by atoms with Gasteiger partial charge in [-0.05, 0) is 47.3 Å². The molecule has 0 atom stereocenters. The molecule has 1 aromatic heterocycles. The van der Waals surface area contributed by atoms with Crippen molar-refractivity contribution in [3.05, 3.63) is 76.0 Å². The van der Waals surface area contributed by atoms with Crippen LogP contribution in [-0.4, -0.2) is 25.0 Å². The summed E-state index contributed by atoms with van der Waals surface area (Å²) >= 11 is 1.37. The maximum absolute atomic E-state index is 12.5. The lowest BCUT2D eigenvalue weighted by Gasteiger charge is -2.19. The van der Waals surface area contributed by atoms with Gasteiger partial charge < -0.3 is 20.1 Å². The number of anilines is 1. The molecule has 0 aliphatic carbocycles. The van der Waals surface area contributed by atoms with E-state index in [0.717, 1.165) is 11.3 Å². The van der Waals surface area contributed by atoms with Crippen molar-refractivity contribution in [2.45, 2.75) is 6.54 Å². The number of hydrogen-bond donors (Lipinski definition) is 2. The topological polar surface area (TPSA) is 76.7 Å². The summed E-state index contributed by atoms with van der Waals surface area (Å²) in [7, 11) is 0. The molecule has 0 saturated carbocycles. The first kappa shape index (κ1) is 18.1. The Morgan fingerprint density at radius 1 is 0.929 bits per heavy atom. The van der Waals surface area contributed by atoms with Crippen LogP contribution in [0.4, 0.5) is 5.69 Å². The summed E-state index contributed by atoms with van der Waals surface area (Å²) in [5.41, 5.74) is 1.96. The zero-order valence-electron chi connectivity index (χ0n) is 14.9. The Hall–Kier alpha value is -3.32. The third kappa shape index (κ3) is 4.15. The van der Waals surface area contributed by atoms with Gasteiger partial charge in [0.25, 0.3) is 11.8 Å². The minimum absolute atomic E-state index is 0.191. The molecule has 0 unspecified atom stereocenters. The van der Waals surface area contributed by atoms with Gasteiger partial charge in [-0.25, -0.2) is 0 Å². The van der Waals surface area contributed by atoms with Crippen LogP contribution in [0.1, 0.15) is 25.6 Å². The smallest absolute Gasteiger partial charge is 0.265 e. The number of carbonyl (C=O) groups is 2. The Morgan fingerprint density at radius 2 is 1.79 bits per heavy atom. The fourth-order valence-electron chi connectivity index (χ4n) is 2.82. The molecular weight excluding hydrogens is 376 g/mol. The number of ether oxygens (including phenoxy) is 2. The highest BCUT2D eigenvalue weighted by atomic mass is 32.1. The third-order valence-corrected chi connectivity index (χ3v) is 5.06. The van der Waals surface area contributed by atoms with Gasteiger partial charge in [0, 0.05) is 17.8 Å². The van der Waals surface area contributed by atoms with Gasteiger partial charge in [0.2, 0.25) is 0 Å². The second kappa shape index (κ2) is 8.14. The van der Waals surface area contributed by atoms with Gasteiger partial charge in [-0.1, -0.05) is 18.2 Å². The van der Waals surface area contributed by atoms with E-state index in [0.29, 0.717) is 41.6 Å². The highest BCUT2D eigenvalue weighted by Gasteiger charge is 2.13. The summed E-state index contributed by atoms with van der Waals surface area (Å²) < 4.78 is 11.1. The Labute approximate surface area is 166 Å². The van der Waals surface area contributed by atoms with E-state index < -0.39 is 0 Å². The Balaban J connectivity index is 1.39. The van der Waals surface area contributed by atoms with Crippen LogP contribution in [0.15, 0.2) is 60.0 Å². The normalized spacial score (nSPS) is 12.3. The Morgan fingerprint density at radius 3 is 2.61 bits per heavy atom. The third-order valence-electron chi connectivity index (χ3n) is 4.19. The van der Waals surface area contributed by atoms with E-state index in [1.165, 1.54) is 11.3 Å². The SMILES string of the molecule is O=C(NCc1ccc2c(c1)OCCO2)c1cccc(NC(=O)c2cccs2)c1. The highest BCUT2D eigenvalue weighted by Crippen LogP contribution is 2.30. The number of amides is 2. The van der Waals surface area contributed by atoms with Crippen molar-refractivity contribution >= 4 is 28.8 Å². The molecule has 0 fully saturated rings. The number of thiophene rings is 1. The average molecular weight is 394 g/mol. The van der Waals surface area contributed by atoms with Crippen LogP contribution in [0.5, 0.6) is 11.5 Å². The van der Waals surface area contributed by atoms with Crippen molar-refractivity contribution in [3.63, 3.8) is 0 Å². The molecule has 28 heavy (non-hydrogen) atoms. The molecule has 1 aliphatic heterocycles. The number of rotatable bonds is 5. The molecule has 4 rings (SSSR count). The van der Waals surface area contributed by atoms with Crippen molar-refractivity contribution in [2.24, 2.45) is 0 Å². The molecule has 0 spiro atoms. The van der Waals surface area contributed by atoms with Crippen molar-refractivity contribution < 1.29 is 19.1 Å². The molecule has 2 heterocycles. The largest absolute Gasteiger partial charge is 0.486 e. The summed E-state index contributed by atoms with van der Waals surface area (Å²) in [6, 6.07) is 16.0. The van der Waals surface area contributed by atoms with E-state index in [9.17, 15) is 9.59 Å². The van der Waals surface area contributed by atoms with Crippen molar-refractivity contribution in [2.75, 3.05) is 18.5 Å². The predicted molar refractivity (Wildman–Crippen MR) is 107 cm³/mol. The standard InChI is InChI=1S/C21H18N2O4S/c24-20(22-13-14-6-7-17-18(11-14)27-9-8-26-17)15-3-1-4-16(12-15)23-21(25)19-5-2-10-28-19/h1-7,10-12H,8-9,13H2,(H,22,24)(H,23,25). The molecule has 2 aromatic carbocycles. The number of benzene rings is 2. The molecule has 0 saturated heterocycles. The molecule has 0 radical (unpaired) electrons. The van der Waals surface area contributed by atoms with Gasteiger partial charge in [0.15, 0.2) is 11.5 Å². The number of hydrogen-bond acceptors (Lipinski definition) is 5. The number of fused-ring (bicyclic) bond motifs is 1. The molecule has 1 aliphatic rings. The van der Waals surface area contributed by atoms with Crippen LogP contribution in [0, 0.1) is 0 Å². The zero-order valence-corrected chi connectivity index (χ0v) is 15.8. The average Bonchev–Trinajstić information content (AvgIpc) is 3.27. The lowest BCUT2D eigenvalue weighted by atomic mass is 10.1. The second-order valence-electron chi connectivity index (χ2n) is 6.17. The van der Waals surface area contributed by atoms with Gasteiger partial charge in [-0.15, -0.1) is 11.3 Å². The van der Waals surface area contributed by atoms with Crippen LogP contribution < -0.4 is 20.1 Å². The van der Waals surface area contributed by atoms with E-state index in [2.05, 4.69) is 10.6 Å². The molecule has 2 amide bonds. The minimum atomic E-state index is -0.220. The van der Waals surface area contributed by atoms with Crippen molar-refractivity contribution in [3.8, 4) is 11.5 Å². The molecule has 0 bridgehead atoms. The van der Waals surface area contributed by atoms with Crippen molar-refractivity contribution in [1.82, 2.24) is 5.32 Å². The van der Waals surface area contributed by atoms with E-state index in [1.807, 2.05) is 29.6 Å². The van der Waals surface area contributed by atoms with E-state index in [4.69, 9.17) is 9.47 Å². The van der Waals surface area contributed by atoms with Crippen LogP contribution in [0.25, 0.3) is 0 Å². The second-order valence-corrected chi connectivity index (χ2v) is 7.12. The van der Waals surface area contributed by atoms with Gasteiger partial charge in [-0.3, -0.25) is 9.59 Å². The first-order valence-electron chi connectivity index (χ1n) is 8.81. The van der Waals surface area contributed by atoms with Crippen LogP contribution in [0.2, 0.25) is 0 Å². The lowest BCUT2D eigenvalue weighted by Crippen LogP contribution is -2.23. The maximum Gasteiger partial charge on any atom is 0.265 e. The van der Waals surface area contributed by atoms with Gasteiger partial charge in [0.05, 0.1) is 4.88 Å². The fraction of sp³-hybridized carbons (Fsp3) is 0.143. The highest BCUT2D eigenvalue weighted by molar-refractivity contribution is 7.12. The molecule has 6 nitrogen and oxygen atoms in total. The van der Waals surface area contributed by atoms with Crippen LogP contribution in [0.3, 0.4) is 0 Å². The summed E-state index contributed by atoms with van der Waals surface area (Å²) in [5.74, 6) is 0.998.